The Labute approximate surface area is 214 Å². The van der Waals surface area contributed by atoms with E-state index < -0.39 is 46.6 Å². The van der Waals surface area contributed by atoms with Crippen LogP contribution in [0, 0.1) is 35.2 Å². The van der Waals surface area contributed by atoms with Crippen LogP contribution >= 0.6 is 0 Å². The molecule has 1 saturated carbocycles. The minimum atomic E-state index is -4.79. The molecule has 6 nitrogen and oxygen atoms in total. The first-order valence-electron chi connectivity index (χ1n) is 12.3. The van der Waals surface area contributed by atoms with Gasteiger partial charge in [-0.15, -0.1) is 0 Å². The number of ether oxygens (including phenoxy) is 1. The fraction of sp³-hybridized carbons (Fsp3) is 0.500. The van der Waals surface area contributed by atoms with Crippen LogP contribution in [0.4, 0.5) is 31.1 Å². The van der Waals surface area contributed by atoms with Gasteiger partial charge >= 0.3 is 12.3 Å². The number of likely N-dealkylation sites (tertiary alicyclic amines) is 1. The van der Waals surface area contributed by atoms with E-state index in [1.807, 2.05) is 0 Å². The van der Waals surface area contributed by atoms with Crippen LogP contribution in [0.2, 0.25) is 0 Å². The van der Waals surface area contributed by atoms with Crippen molar-refractivity contribution >= 4 is 11.7 Å². The highest BCUT2D eigenvalue weighted by atomic mass is 19.4. The van der Waals surface area contributed by atoms with E-state index in [9.17, 15) is 31.1 Å². The maximum absolute atomic E-state index is 14.6. The second-order valence-corrected chi connectivity index (χ2v) is 11.0. The first-order chi connectivity index (χ1) is 17.7. The summed E-state index contributed by atoms with van der Waals surface area (Å²) in [4.78, 5) is 18.6. The molecule has 38 heavy (non-hydrogen) atoms. The van der Waals surface area contributed by atoms with Crippen molar-refractivity contribution in [1.82, 2.24) is 19.5 Å². The largest absolute Gasteiger partial charge is 0.444 e. The second-order valence-electron chi connectivity index (χ2n) is 11.0. The number of hydrogen-bond donors (Lipinski definition) is 0. The molecule has 1 unspecified atom stereocenters. The molecule has 5 rings (SSSR count). The van der Waals surface area contributed by atoms with Crippen LogP contribution < -0.4 is 0 Å². The average molecular weight is 541 g/mol. The van der Waals surface area contributed by atoms with Gasteiger partial charge in [-0.2, -0.15) is 18.3 Å². The summed E-state index contributed by atoms with van der Waals surface area (Å²) in [5.41, 5.74) is -2.63. The van der Waals surface area contributed by atoms with E-state index in [4.69, 9.17) is 4.74 Å². The molecule has 204 valence electrons. The Balaban J connectivity index is 1.48. The fourth-order valence-corrected chi connectivity index (χ4v) is 5.60. The van der Waals surface area contributed by atoms with Gasteiger partial charge in [0.15, 0.2) is 28.9 Å². The summed E-state index contributed by atoms with van der Waals surface area (Å²) < 4.78 is 89.3. The second kappa shape index (κ2) is 9.16. The SMILES string of the molecule is CC(C)(C)OC(=O)N1C[C@H]2CC[C@@H](C1)C2Cc1nc2c(-c3ccc(F)c(F)c3F)ccc(C(F)(F)F)n2n1. The average Bonchev–Trinajstić information content (AvgIpc) is 3.31. The van der Waals surface area contributed by atoms with Gasteiger partial charge in [-0.1, -0.05) is 0 Å². The zero-order chi connectivity index (χ0) is 27.6. The molecule has 12 heteroatoms. The number of benzene rings is 1. The minimum absolute atomic E-state index is 0.0314. The van der Waals surface area contributed by atoms with Crippen LogP contribution in [-0.4, -0.2) is 44.3 Å². The molecule has 2 aromatic heterocycles. The van der Waals surface area contributed by atoms with Crippen LogP contribution in [0.5, 0.6) is 0 Å². The molecule has 3 aromatic rings. The van der Waals surface area contributed by atoms with Crippen LogP contribution in [0.15, 0.2) is 24.3 Å². The Hall–Kier alpha value is -3.31. The Morgan fingerprint density at radius 3 is 2.21 bits per heavy atom. The number of alkyl halides is 3. The molecule has 3 heterocycles. The third-order valence-electron chi connectivity index (χ3n) is 7.24. The van der Waals surface area contributed by atoms with Crippen molar-refractivity contribution < 1.29 is 35.9 Å². The minimum Gasteiger partial charge on any atom is -0.444 e. The summed E-state index contributed by atoms with van der Waals surface area (Å²) in [6.07, 6.45) is -3.23. The van der Waals surface area contributed by atoms with Gasteiger partial charge < -0.3 is 9.64 Å². The van der Waals surface area contributed by atoms with E-state index in [-0.39, 0.29) is 41.2 Å². The smallest absolute Gasteiger partial charge is 0.433 e. The summed E-state index contributed by atoms with van der Waals surface area (Å²) >= 11 is 0. The van der Waals surface area contributed by atoms with Crippen molar-refractivity contribution in [2.24, 2.45) is 17.8 Å². The van der Waals surface area contributed by atoms with Crippen LogP contribution in [0.3, 0.4) is 0 Å². The lowest BCUT2D eigenvalue weighted by atomic mass is 9.82. The quantitative estimate of drug-likeness (QED) is 0.290. The highest BCUT2D eigenvalue weighted by Crippen LogP contribution is 2.44. The number of fused-ring (bicyclic) bond motifs is 3. The van der Waals surface area contributed by atoms with E-state index in [0.29, 0.717) is 29.7 Å². The zero-order valence-electron chi connectivity index (χ0n) is 21.0. The number of rotatable bonds is 3. The summed E-state index contributed by atoms with van der Waals surface area (Å²) in [5.74, 6) is -4.32. The molecule has 1 saturated heterocycles. The highest BCUT2D eigenvalue weighted by molar-refractivity contribution is 5.78. The zero-order valence-corrected chi connectivity index (χ0v) is 21.0. The number of carbonyl (C=O) groups excluding carboxylic acids is 1. The number of hydrogen-bond acceptors (Lipinski definition) is 4. The lowest BCUT2D eigenvalue weighted by molar-refractivity contribution is -0.142. The third kappa shape index (κ3) is 4.80. The summed E-state index contributed by atoms with van der Waals surface area (Å²) in [6.45, 7) is 6.29. The maximum atomic E-state index is 14.6. The van der Waals surface area contributed by atoms with Gasteiger partial charge in [-0.25, -0.2) is 27.5 Å². The molecular formula is C26H26F6N4O2. The van der Waals surface area contributed by atoms with Gasteiger partial charge in [0.2, 0.25) is 0 Å². The molecule has 0 radical (unpaired) electrons. The van der Waals surface area contributed by atoms with Crippen molar-refractivity contribution in [3.8, 4) is 11.1 Å². The van der Waals surface area contributed by atoms with E-state index in [1.165, 1.54) is 0 Å². The number of halogens is 6. The molecule has 2 aliphatic rings. The van der Waals surface area contributed by atoms with E-state index in [2.05, 4.69) is 10.1 Å². The van der Waals surface area contributed by atoms with Crippen LogP contribution in [-0.2, 0) is 17.3 Å². The fourth-order valence-electron chi connectivity index (χ4n) is 5.60. The van der Waals surface area contributed by atoms with Crippen LogP contribution in [0.25, 0.3) is 16.8 Å². The summed E-state index contributed by atoms with van der Waals surface area (Å²) in [7, 11) is 0. The summed E-state index contributed by atoms with van der Waals surface area (Å²) in [5, 5.41) is 4.12. The molecule has 1 amide bonds. The Bertz CT molecular complexity index is 1380. The topological polar surface area (TPSA) is 59.7 Å². The van der Waals surface area contributed by atoms with Gasteiger partial charge in [0.05, 0.1) is 0 Å². The van der Waals surface area contributed by atoms with Crippen molar-refractivity contribution in [3.05, 3.63) is 53.2 Å². The number of carbonyl (C=O) groups is 1. The molecular weight excluding hydrogens is 514 g/mol. The number of piperidine rings is 1. The van der Waals surface area contributed by atoms with Gasteiger partial charge in [0.1, 0.15) is 11.3 Å². The maximum Gasteiger partial charge on any atom is 0.433 e. The van der Waals surface area contributed by atoms with E-state index in [0.717, 1.165) is 25.0 Å². The van der Waals surface area contributed by atoms with Crippen LogP contribution in [0.1, 0.15) is 45.1 Å². The van der Waals surface area contributed by atoms with Crippen molar-refractivity contribution in [1.29, 1.82) is 0 Å². The van der Waals surface area contributed by atoms with Crippen molar-refractivity contribution in [2.45, 2.75) is 51.8 Å². The monoisotopic (exact) mass is 540 g/mol. The number of aromatic nitrogens is 3. The standard InChI is InChI=1S/C26H26F6N4O2/c1-25(2,3)38-24(37)35-11-13-4-5-14(12-35)17(13)10-20-33-23-16(15-6-8-18(27)22(29)21(15)28)7-9-19(26(30,31)32)36(23)34-20/h6-9,13-14,17H,4-5,10-12H2,1-3H3/t13-,14+,17?. The molecule has 0 spiro atoms. The molecule has 3 atom stereocenters. The number of nitrogens with zero attached hydrogens (tertiary/aromatic N) is 4. The van der Waals surface area contributed by atoms with Gasteiger partial charge in [0.25, 0.3) is 0 Å². The number of pyridine rings is 1. The van der Waals surface area contributed by atoms with Gasteiger partial charge in [-0.3, -0.25) is 0 Å². The van der Waals surface area contributed by atoms with Crippen molar-refractivity contribution in [2.75, 3.05) is 13.1 Å². The molecule has 2 bridgehead atoms. The first kappa shape index (κ1) is 26.3. The lowest BCUT2D eigenvalue weighted by Crippen LogP contribution is -2.47. The third-order valence-corrected chi connectivity index (χ3v) is 7.24. The van der Waals surface area contributed by atoms with E-state index in [1.54, 1.807) is 25.7 Å². The predicted octanol–water partition coefficient (Wildman–Crippen LogP) is 6.27. The first-order valence-corrected chi connectivity index (χ1v) is 12.3. The Morgan fingerprint density at radius 2 is 1.61 bits per heavy atom. The molecule has 0 N–H and O–H groups in total. The molecule has 1 aliphatic carbocycles. The summed E-state index contributed by atoms with van der Waals surface area (Å²) in [6, 6.07) is 3.35. The van der Waals surface area contributed by atoms with Crippen molar-refractivity contribution in [3.63, 3.8) is 0 Å². The molecule has 1 aliphatic heterocycles. The van der Waals surface area contributed by atoms with E-state index >= 15 is 0 Å². The lowest BCUT2D eigenvalue weighted by Gasteiger charge is -2.38. The van der Waals surface area contributed by atoms with Gasteiger partial charge in [-0.05, 0) is 75.6 Å². The molecule has 2 fully saturated rings. The Morgan fingerprint density at radius 1 is 0.974 bits per heavy atom. The molecule has 1 aromatic carbocycles. The number of amides is 1. The normalized spacial score (nSPS) is 21.8. The Kier molecular flexibility index (Phi) is 6.34. The highest BCUT2D eigenvalue weighted by Gasteiger charge is 2.45. The predicted molar refractivity (Wildman–Crippen MR) is 125 cm³/mol. The van der Waals surface area contributed by atoms with Gasteiger partial charge in [0, 0.05) is 30.6 Å².